The van der Waals surface area contributed by atoms with E-state index in [0.29, 0.717) is 25.0 Å². The summed E-state index contributed by atoms with van der Waals surface area (Å²) in [5.74, 6) is 0.446. The van der Waals surface area contributed by atoms with Gasteiger partial charge >= 0.3 is 0 Å². The van der Waals surface area contributed by atoms with Gasteiger partial charge in [0, 0.05) is 19.2 Å². The Hall–Kier alpha value is -0.610. The monoisotopic (exact) mass is 244 g/mol. The fourth-order valence-corrected chi connectivity index (χ4v) is 1.67. The van der Waals surface area contributed by atoms with Crippen molar-refractivity contribution < 1.29 is 9.90 Å². The third kappa shape index (κ3) is 9.12. The van der Waals surface area contributed by atoms with Crippen molar-refractivity contribution in [3.63, 3.8) is 0 Å². The molecule has 0 aliphatic rings. The third-order valence-electron chi connectivity index (χ3n) is 3.05. The van der Waals surface area contributed by atoms with Crippen LogP contribution in [0.5, 0.6) is 0 Å². The molecule has 0 heterocycles. The van der Waals surface area contributed by atoms with Crippen LogP contribution in [0, 0.1) is 5.92 Å². The van der Waals surface area contributed by atoms with Gasteiger partial charge in [-0.2, -0.15) is 0 Å². The van der Waals surface area contributed by atoms with Crippen LogP contribution < -0.4 is 10.6 Å². The van der Waals surface area contributed by atoms with Crippen LogP contribution in [-0.2, 0) is 4.79 Å². The van der Waals surface area contributed by atoms with Crippen molar-refractivity contribution in [1.29, 1.82) is 0 Å². The topological polar surface area (TPSA) is 61.4 Å². The molecule has 0 rings (SSSR count). The molecule has 0 aliphatic heterocycles. The Labute approximate surface area is 105 Å². The average molecular weight is 244 g/mol. The number of nitrogens with one attached hydrogen (secondary N) is 2. The molecule has 0 aliphatic carbocycles. The van der Waals surface area contributed by atoms with Gasteiger partial charge in [-0.3, -0.25) is 4.79 Å². The third-order valence-corrected chi connectivity index (χ3v) is 3.05. The van der Waals surface area contributed by atoms with E-state index in [-0.39, 0.29) is 12.5 Å². The van der Waals surface area contributed by atoms with E-state index in [1.165, 1.54) is 0 Å². The Kier molecular flexibility index (Phi) is 10.2. The van der Waals surface area contributed by atoms with Crippen LogP contribution in [0.4, 0.5) is 0 Å². The van der Waals surface area contributed by atoms with Crippen LogP contribution in [0.2, 0.25) is 0 Å². The van der Waals surface area contributed by atoms with Crippen LogP contribution in [0.15, 0.2) is 0 Å². The summed E-state index contributed by atoms with van der Waals surface area (Å²) >= 11 is 0. The predicted octanol–water partition coefficient (Wildman–Crippen LogP) is 1.29. The molecule has 4 heteroatoms. The van der Waals surface area contributed by atoms with Gasteiger partial charge in [0.1, 0.15) is 0 Å². The molecular weight excluding hydrogens is 216 g/mol. The first-order valence-corrected chi connectivity index (χ1v) is 6.74. The van der Waals surface area contributed by atoms with E-state index < -0.39 is 0 Å². The summed E-state index contributed by atoms with van der Waals surface area (Å²) in [5, 5.41) is 15.0. The fourth-order valence-electron chi connectivity index (χ4n) is 1.67. The van der Waals surface area contributed by atoms with Gasteiger partial charge in [-0.15, -0.1) is 0 Å². The lowest BCUT2D eigenvalue weighted by Gasteiger charge is -2.16. The van der Waals surface area contributed by atoms with Crippen molar-refractivity contribution in [3.05, 3.63) is 0 Å². The Bertz CT molecular complexity index is 192. The number of hydrogen-bond donors (Lipinski definition) is 3. The highest BCUT2D eigenvalue weighted by Gasteiger charge is 2.09. The molecule has 0 aromatic rings. The highest BCUT2D eigenvalue weighted by molar-refractivity contribution is 5.77. The molecule has 102 valence electrons. The lowest BCUT2D eigenvalue weighted by molar-refractivity contribution is -0.120. The first-order valence-electron chi connectivity index (χ1n) is 6.74. The lowest BCUT2D eigenvalue weighted by atomic mass is 10.0. The number of carbonyl (C=O) groups excluding carboxylic acids is 1. The smallest absolute Gasteiger partial charge is 0.233 e. The Balaban J connectivity index is 3.71. The molecule has 4 nitrogen and oxygen atoms in total. The first kappa shape index (κ1) is 16.4. The molecule has 0 fully saturated rings. The largest absolute Gasteiger partial charge is 0.396 e. The van der Waals surface area contributed by atoms with Crippen molar-refractivity contribution in [1.82, 2.24) is 10.6 Å². The quantitative estimate of drug-likeness (QED) is 0.542. The summed E-state index contributed by atoms with van der Waals surface area (Å²) in [7, 11) is 0. The zero-order chi connectivity index (χ0) is 13.1. The maximum atomic E-state index is 11.5. The minimum atomic E-state index is 0.0457. The van der Waals surface area contributed by atoms with E-state index >= 15 is 0 Å². The molecule has 2 unspecified atom stereocenters. The highest BCUT2D eigenvalue weighted by atomic mass is 16.3. The molecule has 1 amide bonds. The minimum Gasteiger partial charge on any atom is -0.396 e. The molecule has 0 saturated carbocycles. The molecule has 0 aromatic carbocycles. The summed E-state index contributed by atoms with van der Waals surface area (Å²) in [4.78, 5) is 11.5. The van der Waals surface area contributed by atoms with Crippen molar-refractivity contribution in [2.24, 2.45) is 5.92 Å². The van der Waals surface area contributed by atoms with Crippen molar-refractivity contribution in [2.45, 2.75) is 52.5 Å². The van der Waals surface area contributed by atoms with Crippen molar-refractivity contribution >= 4 is 5.91 Å². The highest BCUT2D eigenvalue weighted by Crippen LogP contribution is 2.08. The van der Waals surface area contributed by atoms with Crippen LogP contribution in [0.3, 0.4) is 0 Å². The maximum absolute atomic E-state index is 11.5. The molecule has 0 bridgehead atoms. The zero-order valence-electron chi connectivity index (χ0n) is 11.5. The minimum absolute atomic E-state index is 0.0457. The molecule has 0 aromatic heterocycles. The Morgan fingerprint density at radius 1 is 1.29 bits per heavy atom. The standard InChI is InChI=1S/C13H28N2O2/c1-4-6-12(7-8-16)9-15-13(17)10-14-11(3)5-2/h11-12,14,16H,4-10H2,1-3H3,(H,15,17). The number of carbonyl (C=O) groups is 1. The lowest BCUT2D eigenvalue weighted by Crippen LogP contribution is -2.39. The summed E-state index contributed by atoms with van der Waals surface area (Å²) < 4.78 is 0. The summed E-state index contributed by atoms with van der Waals surface area (Å²) in [6.45, 7) is 7.54. The number of aliphatic hydroxyl groups is 1. The SMILES string of the molecule is CCCC(CCO)CNC(=O)CNC(C)CC. The summed E-state index contributed by atoms with van der Waals surface area (Å²) in [6.07, 6.45) is 3.94. The van der Waals surface area contributed by atoms with Crippen LogP contribution in [0.25, 0.3) is 0 Å². The molecule has 0 saturated heterocycles. The van der Waals surface area contributed by atoms with Gasteiger partial charge in [-0.25, -0.2) is 0 Å². The van der Waals surface area contributed by atoms with Gasteiger partial charge in [0.05, 0.1) is 6.54 Å². The van der Waals surface area contributed by atoms with Crippen LogP contribution in [-0.4, -0.2) is 36.8 Å². The van der Waals surface area contributed by atoms with Gasteiger partial charge in [0.2, 0.25) is 5.91 Å². The summed E-state index contributed by atoms with van der Waals surface area (Å²) in [6, 6.07) is 0.379. The molecule has 17 heavy (non-hydrogen) atoms. The van der Waals surface area contributed by atoms with E-state index in [9.17, 15) is 4.79 Å². The zero-order valence-corrected chi connectivity index (χ0v) is 11.5. The van der Waals surface area contributed by atoms with Crippen molar-refractivity contribution in [2.75, 3.05) is 19.7 Å². The second kappa shape index (κ2) is 10.5. The maximum Gasteiger partial charge on any atom is 0.233 e. The summed E-state index contributed by atoms with van der Waals surface area (Å²) in [5.41, 5.74) is 0. The number of rotatable bonds is 10. The van der Waals surface area contributed by atoms with E-state index in [1.807, 2.05) is 0 Å². The van der Waals surface area contributed by atoms with Gasteiger partial charge in [0.15, 0.2) is 0 Å². The van der Waals surface area contributed by atoms with Crippen LogP contribution in [0.1, 0.15) is 46.5 Å². The fraction of sp³-hybridized carbons (Fsp3) is 0.923. The normalized spacial score (nSPS) is 14.4. The number of hydrogen-bond acceptors (Lipinski definition) is 3. The van der Waals surface area contributed by atoms with Gasteiger partial charge in [0.25, 0.3) is 0 Å². The van der Waals surface area contributed by atoms with Crippen molar-refractivity contribution in [3.8, 4) is 0 Å². The van der Waals surface area contributed by atoms with E-state index in [0.717, 1.165) is 25.7 Å². The molecule has 2 atom stereocenters. The van der Waals surface area contributed by atoms with Crippen LogP contribution >= 0.6 is 0 Å². The average Bonchev–Trinajstić information content (AvgIpc) is 2.33. The van der Waals surface area contributed by atoms with E-state index in [2.05, 4.69) is 31.4 Å². The number of aliphatic hydroxyl groups excluding tert-OH is 1. The second-order valence-corrected chi connectivity index (χ2v) is 4.66. The molecule has 0 radical (unpaired) electrons. The molecule has 0 spiro atoms. The Morgan fingerprint density at radius 3 is 2.53 bits per heavy atom. The predicted molar refractivity (Wildman–Crippen MR) is 70.9 cm³/mol. The first-order chi connectivity index (χ1) is 8.13. The van der Waals surface area contributed by atoms with E-state index in [4.69, 9.17) is 5.11 Å². The second-order valence-electron chi connectivity index (χ2n) is 4.66. The van der Waals surface area contributed by atoms with Gasteiger partial charge in [-0.1, -0.05) is 20.3 Å². The molecule has 3 N–H and O–H groups in total. The van der Waals surface area contributed by atoms with Gasteiger partial charge in [-0.05, 0) is 32.1 Å². The number of amides is 1. The molecular formula is C13H28N2O2. The van der Waals surface area contributed by atoms with Gasteiger partial charge < -0.3 is 15.7 Å². The van der Waals surface area contributed by atoms with E-state index in [1.54, 1.807) is 0 Å². The Morgan fingerprint density at radius 2 is 2.00 bits per heavy atom.